The van der Waals surface area contributed by atoms with Crippen LogP contribution in [0, 0.1) is 37.5 Å². The summed E-state index contributed by atoms with van der Waals surface area (Å²) in [4.78, 5) is 26.5. The molecule has 6 unspecified atom stereocenters. The summed E-state index contributed by atoms with van der Waals surface area (Å²) in [5.41, 5.74) is 3.92. The van der Waals surface area contributed by atoms with Crippen LogP contribution in [0.25, 0.3) is 12.2 Å². The maximum absolute atomic E-state index is 13.3. The second-order valence-electron chi connectivity index (χ2n) is 21.3. The molecule has 0 aromatic heterocycles. The Hall–Kier alpha value is -4.38. The molecule has 0 amide bonds. The molecule has 7 rings (SSSR count). The average molecular weight is 989 g/mol. The quantitative estimate of drug-likeness (QED) is 0.199. The molecule has 3 saturated heterocycles. The highest BCUT2D eigenvalue weighted by atomic mass is 16.8. The third-order valence-electron chi connectivity index (χ3n) is 13.6. The van der Waals surface area contributed by atoms with Crippen LogP contribution in [0.15, 0.2) is 60.7 Å². The molecule has 71 heavy (non-hydrogen) atoms. The zero-order valence-electron chi connectivity index (χ0n) is 44.4. The molecule has 14 nitrogen and oxygen atoms in total. The van der Waals surface area contributed by atoms with Gasteiger partial charge < -0.3 is 57.6 Å². The van der Waals surface area contributed by atoms with Crippen LogP contribution in [-0.4, -0.2) is 115 Å². The average Bonchev–Trinajstić information content (AvgIpc) is 3.93. The van der Waals surface area contributed by atoms with Crippen molar-refractivity contribution in [3.05, 3.63) is 94.1 Å². The summed E-state index contributed by atoms with van der Waals surface area (Å²) >= 11 is 0. The van der Waals surface area contributed by atoms with Crippen LogP contribution in [0.4, 0.5) is 0 Å². The number of hydrogen-bond acceptors (Lipinski definition) is 14. The first-order chi connectivity index (χ1) is 33.3. The van der Waals surface area contributed by atoms with Gasteiger partial charge in [-0.2, -0.15) is 0 Å². The molecule has 0 saturated carbocycles. The van der Waals surface area contributed by atoms with Crippen molar-refractivity contribution in [3.63, 3.8) is 0 Å². The first-order valence-electron chi connectivity index (χ1n) is 25.3. The van der Waals surface area contributed by atoms with Crippen molar-refractivity contribution in [3.8, 4) is 11.5 Å². The van der Waals surface area contributed by atoms with Gasteiger partial charge in [-0.1, -0.05) is 76.3 Å². The summed E-state index contributed by atoms with van der Waals surface area (Å²) in [7, 11) is 0. The number of fused-ring (bicyclic) bond motifs is 4. The highest BCUT2D eigenvalue weighted by Gasteiger charge is 2.44. The van der Waals surface area contributed by atoms with E-state index in [-0.39, 0.29) is 85.6 Å². The fraction of sp³-hybridized carbons (Fsp3) is 0.614. The molecule has 14 heteroatoms. The Labute approximate surface area is 421 Å². The zero-order valence-corrected chi connectivity index (χ0v) is 44.4. The minimum atomic E-state index is -0.980. The Morgan fingerprint density at radius 1 is 0.606 bits per heavy atom. The largest absolute Gasteiger partial charge is 0.491 e. The van der Waals surface area contributed by atoms with Gasteiger partial charge in [0.1, 0.15) is 49.1 Å². The van der Waals surface area contributed by atoms with Gasteiger partial charge in [0, 0.05) is 23.7 Å². The molecule has 0 spiro atoms. The van der Waals surface area contributed by atoms with Crippen LogP contribution >= 0.6 is 0 Å². The van der Waals surface area contributed by atoms with E-state index in [2.05, 4.69) is 45.1 Å². The number of aryl methyl sites for hydroxylation is 2. The standard InChI is InChI=1S/C30H42O7.C27H38O7/c1-18-12-13-19(2)27-25(36-30(7,8)37-27)11-9-10-22-15-23(32-16-24-17-33-29(5,6)35-24)14-20(3)26(22)28(31)34-21(18)4;1-16-10-11-17(2)25-23(33-27(5,6)34-25)9-7-8-20-13-22(31-15-21(29)14-28)12-18(3)24(20)26(30)32-19(16)4/h9-10,12-15,18-19,21,24-25,27H,11,16-17H2,1-8H3;7-8,10-13,16-17,19,21,23,25,28-29H,9,14-15H2,1-6H3/b10-9+,13-12-;8-7+,11-10-/t18-,19?,21+,24?,25+,27?;16-,17?,19+,21?,23+,25?/m11/s1. The van der Waals surface area contributed by atoms with Crippen LogP contribution < -0.4 is 9.47 Å². The Morgan fingerprint density at radius 3 is 1.46 bits per heavy atom. The van der Waals surface area contributed by atoms with Gasteiger partial charge in [-0.05, 0) is 129 Å². The number of benzene rings is 2. The van der Waals surface area contributed by atoms with E-state index in [4.69, 9.17) is 52.5 Å². The van der Waals surface area contributed by atoms with Gasteiger partial charge in [-0.25, -0.2) is 9.59 Å². The Bertz CT molecular complexity index is 2270. The number of carbonyl (C=O) groups is 2. The predicted molar refractivity (Wildman–Crippen MR) is 271 cm³/mol. The van der Waals surface area contributed by atoms with E-state index >= 15 is 0 Å². The van der Waals surface area contributed by atoms with Gasteiger partial charge in [-0.3, -0.25) is 0 Å². The number of rotatable bonds is 7. The van der Waals surface area contributed by atoms with Crippen molar-refractivity contribution >= 4 is 24.1 Å². The SMILES string of the molecule is Cc1cc(OCC(O)CO)cc2c1C(=O)O[C@@H](C)[C@H](C)/C=C\C(C)C1OC(C)(C)O[C@H]1C/C=C/2.Cc1cc(OCC2COC(C)(C)O2)cc2c1C(=O)O[C@@H](C)[C@H](C)/C=C\C(C)C1OC(C)(C)O[C@H]1C/C=C/2. The highest BCUT2D eigenvalue weighted by molar-refractivity contribution is 5.96. The summed E-state index contributed by atoms with van der Waals surface area (Å²) in [6.07, 6.45) is 15.4. The third-order valence-corrected chi connectivity index (χ3v) is 13.6. The molecule has 0 bridgehead atoms. The molecule has 0 aliphatic carbocycles. The first-order valence-corrected chi connectivity index (χ1v) is 25.3. The summed E-state index contributed by atoms with van der Waals surface area (Å²) in [5, 5.41) is 18.7. The van der Waals surface area contributed by atoms with Crippen LogP contribution in [0.3, 0.4) is 0 Å². The Morgan fingerprint density at radius 2 is 1.04 bits per heavy atom. The second-order valence-corrected chi connectivity index (χ2v) is 21.3. The molecule has 5 aliphatic rings. The van der Waals surface area contributed by atoms with Gasteiger partial charge in [0.05, 0.1) is 48.8 Å². The van der Waals surface area contributed by atoms with Crippen molar-refractivity contribution < 1.29 is 67.2 Å². The van der Waals surface area contributed by atoms with Crippen molar-refractivity contribution in [1.29, 1.82) is 0 Å². The monoisotopic (exact) mass is 989 g/mol. The second kappa shape index (κ2) is 23.7. The van der Waals surface area contributed by atoms with Gasteiger partial charge in [0.2, 0.25) is 0 Å². The summed E-state index contributed by atoms with van der Waals surface area (Å²) in [6.45, 7) is 27.8. The Kier molecular flexibility index (Phi) is 18.6. The number of hydrogen-bond donors (Lipinski definition) is 2. The maximum Gasteiger partial charge on any atom is 0.339 e. The number of ether oxygens (including phenoxy) is 10. The lowest BCUT2D eigenvalue weighted by Crippen LogP contribution is -2.29. The minimum Gasteiger partial charge on any atom is -0.491 e. The van der Waals surface area contributed by atoms with Crippen molar-refractivity contribution in [2.45, 2.75) is 176 Å². The van der Waals surface area contributed by atoms with Crippen molar-refractivity contribution in [2.24, 2.45) is 23.7 Å². The fourth-order valence-corrected chi connectivity index (χ4v) is 9.37. The lowest BCUT2D eigenvalue weighted by atomic mass is 9.94. The Balaban J connectivity index is 0.000000233. The summed E-state index contributed by atoms with van der Waals surface area (Å²) in [6, 6.07) is 7.25. The molecule has 392 valence electrons. The zero-order chi connectivity index (χ0) is 52.0. The smallest absolute Gasteiger partial charge is 0.339 e. The minimum absolute atomic E-state index is 0.0185. The van der Waals surface area contributed by atoms with Gasteiger partial charge in [0.15, 0.2) is 17.4 Å². The molecule has 2 aromatic carbocycles. The molecule has 12 atom stereocenters. The molecule has 5 aliphatic heterocycles. The van der Waals surface area contributed by atoms with Gasteiger partial charge >= 0.3 is 11.9 Å². The number of aliphatic hydroxyl groups is 2. The first kappa shape index (κ1) is 55.9. The molecule has 5 heterocycles. The van der Waals surface area contributed by atoms with E-state index in [9.17, 15) is 14.7 Å². The van der Waals surface area contributed by atoms with E-state index < -0.39 is 29.4 Å². The predicted octanol–water partition coefficient (Wildman–Crippen LogP) is 9.87. The van der Waals surface area contributed by atoms with Crippen LogP contribution in [0.5, 0.6) is 11.5 Å². The fourth-order valence-electron chi connectivity index (χ4n) is 9.37. The van der Waals surface area contributed by atoms with Crippen molar-refractivity contribution in [1.82, 2.24) is 0 Å². The van der Waals surface area contributed by atoms with E-state index in [1.807, 2.05) is 113 Å². The van der Waals surface area contributed by atoms with E-state index in [1.165, 1.54) is 0 Å². The highest BCUT2D eigenvalue weighted by Crippen LogP contribution is 2.38. The maximum atomic E-state index is 13.3. The van der Waals surface area contributed by atoms with Gasteiger partial charge in [0.25, 0.3) is 0 Å². The summed E-state index contributed by atoms with van der Waals surface area (Å²) < 4.78 is 59.9. The number of aliphatic hydroxyl groups excluding tert-OH is 2. The molecule has 3 fully saturated rings. The topological polar surface area (TPSA) is 167 Å². The number of carbonyl (C=O) groups excluding carboxylic acids is 2. The molecule has 2 aromatic rings. The molecular weight excluding hydrogens is 909 g/mol. The van der Waals surface area contributed by atoms with E-state index in [0.717, 1.165) is 11.1 Å². The van der Waals surface area contributed by atoms with Crippen LogP contribution in [0.1, 0.15) is 139 Å². The van der Waals surface area contributed by atoms with Gasteiger partial charge in [-0.15, -0.1) is 0 Å². The van der Waals surface area contributed by atoms with Crippen molar-refractivity contribution in [2.75, 3.05) is 26.4 Å². The lowest BCUT2D eigenvalue weighted by Gasteiger charge is -2.23. The normalized spacial score (nSPS) is 33.6. The molecule has 2 N–H and O–H groups in total. The van der Waals surface area contributed by atoms with Crippen LogP contribution in [-0.2, 0) is 37.9 Å². The molecule has 0 radical (unpaired) electrons. The lowest BCUT2D eigenvalue weighted by molar-refractivity contribution is -0.148. The van der Waals surface area contributed by atoms with E-state index in [0.29, 0.717) is 59.8 Å². The number of cyclic esters (lactones) is 2. The van der Waals surface area contributed by atoms with E-state index in [1.54, 1.807) is 12.1 Å². The summed E-state index contributed by atoms with van der Waals surface area (Å²) in [5.74, 6) is -1.14. The third kappa shape index (κ3) is 15.1. The molecular formula is C57H80O14. The van der Waals surface area contributed by atoms with Crippen LogP contribution in [0.2, 0.25) is 0 Å². The number of esters is 2.